The molecule has 0 unspecified atom stereocenters. The van der Waals surface area contributed by atoms with E-state index in [1.165, 1.54) is 0 Å². The number of benzene rings is 2. The Labute approximate surface area is 152 Å². The maximum atomic E-state index is 12.4. The van der Waals surface area contributed by atoms with E-state index < -0.39 is 0 Å². The third-order valence-electron chi connectivity index (χ3n) is 4.67. The van der Waals surface area contributed by atoms with E-state index >= 15 is 0 Å². The van der Waals surface area contributed by atoms with Gasteiger partial charge in [0.05, 0.1) is 12.2 Å². The largest absolute Gasteiger partial charge is 0.447 e. The van der Waals surface area contributed by atoms with E-state index in [0.717, 1.165) is 22.4 Å². The van der Waals surface area contributed by atoms with Gasteiger partial charge in [-0.2, -0.15) is 0 Å². The number of carbonyl (C=O) groups is 2. The lowest BCUT2D eigenvalue weighted by Gasteiger charge is -2.30. The van der Waals surface area contributed by atoms with Gasteiger partial charge in [0.25, 0.3) is 5.91 Å². The van der Waals surface area contributed by atoms with Crippen LogP contribution in [-0.4, -0.2) is 36.6 Å². The minimum Gasteiger partial charge on any atom is -0.447 e. The third kappa shape index (κ3) is 3.14. The molecule has 130 valence electrons. The van der Waals surface area contributed by atoms with Crippen molar-refractivity contribution in [1.29, 1.82) is 0 Å². The van der Waals surface area contributed by atoms with Gasteiger partial charge in [-0.1, -0.05) is 36.3 Å². The van der Waals surface area contributed by atoms with E-state index in [1.54, 1.807) is 9.80 Å². The third-order valence-corrected chi connectivity index (χ3v) is 4.67. The van der Waals surface area contributed by atoms with Crippen LogP contribution in [0.25, 0.3) is 0 Å². The van der Waals surface area contributed by atoms with Gasteiger partial charge in [0.2, 0.25) is 0 Å². The first-order valence-corrected chi connectivity index (χ1v) is 8.63. The van der Waals surface area contributed by atoms with Gasteiger partial charge in [0, 0.05) is 24.6 Å². The molecule has 2 aromatic rings. The predicted molar refractivity (Wildman–Crippen MR) is 97.6 cm³/mol. The van der Waals surface area contributed by atoms with Gasteiger partial charge in [-0.3, -0.25) is 9.69 Å². The fourth-order valence-corrected chi connectivity index (χ4v) is 3.35. The van der Waals surface area contributed by atoms with Crippen LogP contribution in [0.1, 0.15) is 16.7 Å². The molecule has 5 nitrogen and oxygen atoms in total. The van der Waals surface area contributed by atoms with Crippen LogP contribution < -0.4 is 4.90 Å². The van der Waals surface area contributed by atoms with E-state index in [-0.39, 0.29) is 12.0 Å². The predicted octanol–water partition coefficient (Wildman–Crippen LogP) is 2.58. The average Bonchev–Trinajstić information content (AvgIpc) is 3.11. The number of ether oxygens (including phenoxy) is 1. The highest BCUT2D eigenvalue weighted by Gasteiger charge is 2.29. The molecule has 1 saturated heterocycles. The summed E-state index contributed by atoms with van der Waals surface area (Å²) in [5.41, 5.74) is 3.90. The maximum absolute atomic E-state index is 12.4. The molecule has 0 bridgehead atoms. The zero-order valence-electron chi connectivity index (χ0n) is 14.3. The van der Waals surface area contributed by atoms with Gasteiger partial charge in [-0.25, -0.2) is 4.79 Å². The molecule has 0 saturated carbocycles. The molecule has 26 heavy (non-hydrogen) atoms. The van der Waals surface area contributed by atoms with E-state index in [0.29, 0.717) is 32.7 Å². The van der Waals surface area contributed by atoms with Crippen LogP contribution in [0.15, 0.2) is 48.5 Å². The number of hydrogen-bond donors (Lipinski definition) is 0. The van der Waals surface area contributed by atoms with E-state index in [1.807, 2.05) is 48.5 Å². The molecule has 1 fully saturated rings. The summed E-state index contributed by atoms with van der Waals surface area (Å²) in [5.74, 6) is 5.47. The number of fused-ring (bicyclic) bond motifs is 1. The molecule has 2 heterocycles. The van der Waals surface area contributed by atoms with Crippen molar-refractivity contribution in [1.82, 2.24) is 4.90 Å². The van der Waals surface area contributed by atoms with Gasteiger partial charge in [-0.15, -0.1) is 0 Å². The van der Waals surface area contributed by atoms with Crippen LogP contribution >= 0.6 is 0 Å². The van der Waals surface area contributed by atoms with E-state index in [2.05, 4.69) is 11.8 Å². The Balaban J connectivity index is 1.53. The first-order valence-electron chi connectivity index (χ1n) is 8.63. The molecule has 0 spiro atoms. The van der Waals surface area contributed by atoms with Crippen molar-refractivity contribution in [2.45, 2.75) is 13.0 Å². The van der Waals surface area contributed by atoms with Crippen molar-refractivity contribution >= 4 is 17.7 Å². The minimum absolute atomic E-state index is 0.175. The van der Waals surface area contributed by atoms with Gasteiger partial charge < -0.3 is 9.64 Å². The van der Waals surface area contributed by atoms with Crippen molar-refractivity contribution in [3.05, 3.63) is 65.2 Å². The van der Waals surface area contributed by atoms with Crippen molar-refractivity contribution < 1.29 is 14.3 Å². The molecular weight excluding hydrogens is 328 g/mol. The molecule has 0 atom stereocenters. The summed E-state index contributed by atoms with van der Waals surface area (Å²) in [7, 11) is 0. The molecule has 4 rings (SSSR count). The van der Waals surface area contributed by atoms with Crippen LogP contribution in [0.5, 0.6) is 0 Å². The maximum Gasteiger partial charge on any atom is 0.414 e. The van der Waals surface area contributed by atoms with Crippen LogP contribution in [0, 0.1) is 11.8 Å². The van der Waals surface area contributed by atoms with E-state index in [9.17, 15) is 9.59 Å². The molecule has 0 radical (unpaired) electrons. The highest BCUT2D eigenvalue weighted by atomic mass is 16.6. The topological polar surface area (TPSA) is 49.9 Å². The summed E-state index contributed by atoms with van der Waals surface area (Å²) in [5, 5.41) is 0. The molecule has 2 aliphatic heterocycles. The van der Waals surface area contributed by atoms with Crippen molar-refractivity contribution in [3.63, 3.8) is 0 Å². The number of amides is 2. The summed E-state index contributed by atoms with van der Waals surface area (Å²) < 4.78 is 5.05. The SMILES string of the molecule is O=C(C#Cc1ccccc1)N1CCc2c(cccc2N2CCOC2=O)C1. The number of cyclic esters (lactones) is 1. The Morgan fingerprint density at radius 1 is 1.04 bits per heavy atom. The highest BCUT2D eigenvalue weighted by molar-refractivity contribution is 5.94. The summed E-state index contributed by atoms with van der Waals surface area (Å²) in [6.07, 6.45) is 0.402. The lowest BCUT2D eigenvalue weighted by molar-refractivity contribution is -0.125. The van der Waals surface area contributed by atoms with Gasteiger partial charge in [-0.05, 0) is 35.7 Å². The Hall–Kier alpha value is -3.26. The molecular formula is C21H18N2O3. The number of carbonyl (C=O) groups excluding carboxylic acids is 2. The smallest absolute Gasteiger partial charge is 0.414 e. The van der Waals surface area contributed by atoms with Gasteiger partial charge in [0.15, 0.2) is 0 Å². The number of hydrogen-bond acceptors (Lipinski definition) is 3. The summed E-state index contributed by atoms with van der Waals surface area (Å²) in [6.45, 7) is 2.09. The summed E-state index contributed by atoms with van der Waals surface area (Å²) in [6, 6.07) is 15.3. The number of rotatable bonds is 1. The highest BCUT2D eigenvalue weighted by Crippen LogP contribution is 2.30. The molecule has 2 amide bonds. The fraction of sp³-hybridized carbons (Fsp3) is 0.238. The van der Waals surface area contributed by atoms with Gasteiger partial charge in [0.1, 0.15) is 6.61 Å². The average molecular weight is 346 g/mol. The monoisotopic (exact) mass is 346 g/mol. The quantitative estimate of drug-likeness (QED) is 0.746. The minimum atomic E-state index is -0.300. The Bertz CT molecular complexity index is 912. The zero-order chi connectivity index (χ0) is 17.9. The second kappa shape index (κ2) is 6.93. The molecule has 0 aliphatic carbocycles. The van der Waals surface area contributed by atoms with Crippen LogP contribution in [0.4, 0.5) is 10.5 Å². The summed E-state index contributed by atoms with van der Waals surface area (Å²) >= 11 is 0. The van der Waals surface area contributed by atoms with Crippen molar-refractivity contribution in [3.8, 4) is 11.8 Å². The standard InChI is InChI=1S/C21H18N2O3/c24-20(10-9-16-5-2-1-3-6-16)22-12-11-18-17(15-22)7-4-8-19(18)23-13-14-26-21(23)25/h1-8H,11-15H2. The molecule has 5 heteroatoms. The van der Waals surface area contributed by atoms with Crippen LogP contribution in [0.3, 0.4) is 0 Å². The molecule has 2 aromatic carbocycles. The lowest BCUT2D eigenvalue weighted by Crippen LogP contribution is -2.36. The Kier molecular flexibility index (Phi) is 4.32. The fourth-order valence-electron chi connectivity index (χ4n) is 3.35. The summed E-state index contributed by atoms with van der Waals surface area (Å²) in [4.78, 5) is 27.7. The van der Waals surface area contributed by atoms with Crippen LogP contribution in [0.2, 0.25) is 0 Å². The van der Waals surface area contributed by atoms with Crippen molar-refractivity contribution in [2.24, 2.45) is 0 Å². The normalized spacial score (nSPS) is 15.8. The van der Waals surface area contributed by atoms with Gasteiger partial charge >= 0.3 is 6.09 Å². The second-order valence-corrected chi connectivity index (χ2v) is 6.27. The Morgan fingerprint density at radius 3 is 2.65 bits per heavy atom. The van der Waals surface area contributed by atoms with Crippen molar-refractivity contribution in [2.75, 3.05) is 24.6 Å². The lowest BCUT2D eigenvalue weighted by atomic mass is 9.97. The molecule has 0 N–H and O–H groups in total. The number of nitrogens with zero attached hydrogens (tertiary/aromatic N) is 2. The molecule has 2 aliphatic rings. The second-order valence-electron chi connectivity index (χ2n) is 6.27. The Morgan fingerprint density at radius 2 is 1.88 bits per heavy atom. The first kappa shape index (κ1) is 16.2. The molecule has 0 aromatic heterocycles. The first-order chi connectivity index (χ1) is 12.7. The number of anilines is 1. The van der Waals surface area contributed by atoms with E-state index in [4.69, 9.17) is 4.74 Å². The van der Waals surface area contributed by atoms with Crippen LogP contribution in [-0.2, 0) is 22.5 Å². The zero-order valence-corrected chi connectivity index (χ0v) is 14.3.